The van der Waals surface area contributed by atoms with Gasteiger partial charge in [0.2, 0.25) is 11.8 Å². The molecule has 7 atom stereocenters. The number of amides is 1. The van der Waals surface area contributed by atoms with E-state index in [2.05, 4.69) is 20.0 Å². The molecular formula is C26H36FN5O9PS+. The molecule has 3 heterocycles. The van der Waals surface area contributed by atoms with E-state index in [1.54, 1.807) is 43.5 Å². The van der Waals surface area contributed by atoms with Gasteiger partial charge >= 0.3 is 14.1 Å². The first kappa shape index (κ1) is 33.1. The molecule has 0 aliphatic carbocycles. The van der Waals surface area contributed by atoms with E-state index in [0.29, 0.717) is 5.69 Å². The van der Waals surface area contributed by atoms with Crippen molar-refractivity contribution in [3.8, 4) is 17.0 Å². The van der Waals surface area contributed by atoms with Crippen molar-refractivity contribution < 1.29 is 47.2 Å². The van der Waals surface area contributed by atoms with Crippen LogP contribution >= 0.6 is 19.6 Å². The number of hydrogen-bond donors (Lipinski definition) is 4. The lowest BCUT2D eigenvalue weighted by molar-refractivity contribution is -0.213. The Morgan fingerprint density at radius 1 is 1.30 bits per heavy atom. The lowest BCUT2D eigenvalue weighted by Gasteiger charge is -2.46. The van der Waals surface area contributed by atoms with Crippen molar-refractivity contribution in [1.29, 1.82) is 0 Å². The van der Waals surface area contributed by atoms with Gasteiger partial charge in [0.1, 0.15) is 30.6 Å². The van der Waals surface area contributed by atoms with Gasteiger partial charge < -0.3 is 29.5 Å². The van der Waals surface area contributed by atoms with Gasteiger partial charge in [0.15, 0.2) is 17.6 Å². The lowest BCUT2D eigenvalue weighted by Crippen LogP contribution is -2.66. The van der Waals surface area contributed by atoms with Gasteiger partial charge in [-0.2, -0.15) is 9.42 Å². The normalized spacial score (nSPS) is 29.3. The number of carbonyl (C=O) groups is 2. The second-order valence-corrected chi connectivity index (χ2v) is 12.9. The van der Waals surface area contributed by atoms with Crippen LogP contribution in [0.2, 0.25) is 0 Å². The van der Waals surface area contributed by atoms with Gasteiger partial charge in [0.25, 0.3) is 0 Å². The number of aliphatic hydroxyl groups is 1. The molecule has 0 bridgehead atoms. The molecule has 1 fully saturated rings. The number of aliphatic hydroxyl groups excluding tert-OH is 1. The van der Waals surface area contributed by atoms with E-state index < -0.39 is 68.7 Å². The predicted octanol–water partition coefficient (Wildman–Crippen LogP) is 2.28. The molecule has 0 radical (unpaired) electrons. The number of rotatable bonds is 12. The molecule has 236 valence electrons. The second-order valence-electron chi connectivity index (χ2n) is 10.6. The first-order valence-electron chi connectivity index (χ1n) is 13.4. The van der Waals surface area contributed by atoms with Crippen molar-refractivity contribution in [3.63, 3.8) is 0 Å². The molecule has 2 aliphatic rings. The number of ether oxygens (including phenoxy) is 3. The maximum absolute atomic E-state index is 16.0. The highest BCUT2D eigenvalue weighted by Crippen LogP contribution is 2.54. The van der Waals surface area contributed by atoms with E-state index >= 15 is 4.39 Å². The average Bonchev–Trinajstić information content (AvgIpc) is 3.55. The number of methoxy groups -OCH3 is 1. The van der Waals surface area contributed by atoms with E-state index in [-0.39, 0.29) is 5.75 Å². The summed E-state index contributed by atoms with van der Waals surface area (Å²) in [5.41, 5.74) is -0.961. The van der Waals surface area contributed by atoms with Gasteiger partial charge in [-0.05, 0) is 63.5 Å². The summed E-state index contributed by atoms with van der Waals surface area (Å²) in [6.45, 7) is 6.91. The van der Waals surface area contributed by atoms with E-state index in [1.807, 2.05) is 0 Å². The lowest BCUT2D eigenvalue weighted by atomic mass is 9.97. The minimum atomic E-state index is -4.13. The van der Waals surface area contributed by atoms with Crippen LogP contribution in [0, 0.1) is 0 Å². The molecule has 2 unspecified atom stereocenters. The fraction of sp³-hybridized carbons (Fsp3) is 0.538. The summed E-state index contributed by atoms with van der Waals surface area (Å²) in [6, 6.07) is 5.47. The molecule has 2 aromatic rings. The topological polar surface area (TPSA) is 174 Å². The zero-order valence-electron chi connectivity index (χ0n) is 24.5. The highest BCUT2D eigenvalue weighted by atomic mass is 32.1. The zero-order chi connectivity index (χ0) is 31.6. The van der Waals surface area contributed by atoms with Crippen LogP contribution in [0.25, 0.3) is 11.3 Å². The molecule has 14 nitrogen and oxygen atoms in total. The molecule has 4 rings (SSSR count). The molecule has 0 spiro atoms. The summed E-state index contributed by atoms with van der Waals surface area (Å²) in [4.78, 5) is 37.3. The fourth-order valence-electron chi connectivity index (χ4n) is 4.45. The van der Waals surface area contributed by atoms with Gasteiger partial charge in [0, 0.05) is 37.3 Å². The number of alkyl halides is 1. The average molecular weight is 645 g/mol. The van der Waals surface area contributed by atoms with Crippen molar-refractivity contribution in [2.75, 3.05) is 13.7 Å². The summed E-state index contributed by atoms with van der Waals surface area (Å²) >= 11 is 1.20. The van der Waals surface area contributed by atoms with Crippen LogP contribution in [0.15, 0.2) is 41.9 Å². The summed E-state index contributed by atoms with van der Waals surface area (Å²) in [6.07, 6.45) is -2.39. The van der Waals surface area contributed by atoms with E-state index in [1.165, 1.54) is 49.7 Å². The van der Waals surface area contributed by atoms with E-state index in [4.69, 9.17) is 23.3 Å². The van der Waals surface area contributed by atoms with Gasteiger partial charge in [-0.25, -0.2) is 4.39 Å². The Bertz CT molecular complexity index is 1300. The van der Waals surface area contributed by atoms with Crippen molar-refractivity contribution in [2.24, 2.45) is 0 Å². The van der Waals surface area contributed by atoms with Crippen LogP contribution < -0.4 is 14.9 Å². The van der Waals surface area contributed by atoms with Gasteiger partial charge in [-0.1, -0.05) is 9.58 Å². The maximum Gasteiger partial charge on any atom is 0.544 e. The van der Waals surface area contributed by atoms with E-state index in [0.717, 1.165) is 12.5 Å². The van der Waals surface area contributed by atoms with Gasteiger partial charge in [-0.15, -0.1) is 5.10 Å². The quantitative estimate of drug-likeness (QED) is 0.196. The molecule has 4 N–H and O–H groups in total. The minimum Gasteiger partial charge on any atom is -0.462 e. The minimum absolute atomic E-state index is 0.186. The molecule has 1 amide bonds. The smallest absolute Gasteiger partial charge is 0.462 e. The van der Waals surface area contributed by atoms with Crippen molar-refractivity contribution in [3.05, 3.63) is 41.9 Å². The molecule has 43 heavy (non-hydrogen) atoms. The largest absolute Gasteiger partial charge is 0.544 e. The fourth-order valence-corrected chi connectivity index (χ4v) is 6.45. The van der Waals surface area contributed by atoms with Gasteiger partial charge in [0.05, 0.1) is 6.10 Å². The molecule has 1 aromatic carbocycles. The van der Waals surface area contributed by atoms with Crippen LogP contribution in [0.1, 0.15) is 34.6 Å². The Balaban J connectivity index is 1.53. The number of nitrogens with one attached hydrogen (secondary N) is 2. The first-order valence-corrected chi connectivity index (χ1v) is 15.8. The van der Waals surface area contributed by atoms with Crippen LogP contribution in [0.4, 0.5) is 4.39 Å². The Morgan fingerprint density at radius 2 is 2.00 bits per heavy atom. The number of carbonyl (C=O) groups excluding carboxylic acids is 2. The molecule has 1 saturated heterocycles. The van der Waals surface area contributed by atoms with E-state index in [9.17, 15) is 19.6 Å². The summed E-state index contributed by atoms with van der Waals surface area (Å²) in [5, 5.41) is 21.9. The predicted molar refractivity (Wildman–Crippen MR) is 154 cm³/mol. The Morgan fingerprint density at radius 3 is 2.60 bits per heavy atom. The number of halogens is 1. The third-order valence-electron chi connectivity index (χ3n) is 6.82. The summed E-state index contributed by atoms with van der Waals surface area (Å²) in [7, 11) is -2.80. The molecule has 1 aromatic heterocycles. The number of benzene rings is 1. The Kier molecular flexibility index (Phi) is 10.0. The molecule has 0 saturated carbocycles. The maximum atomic E-state index is 16.0. The Labute approximate surface area is 252 Å². The highest BCUT2D eigenvalue weighted by Gasteiger charge is 2.60. The van der Waals surface area contributed by atoms with Crippen molar-refractivity contribution in [1.82, 2.24) is 24.9 Å². The summed E-state index contributed by atoms with van der Waals surface area (Å²) in [5.74, 6) is -2.42. The molecular weight excluding hydrogens is 608 g/mol. The zero-order valence-corrected chi connectivity index (χ0v) is 26.2. The highest BCUT2D eigenvalue weighted by molar-refractivity contribution is 7.59. The second kappa shape index (κ2) is 13.0. The first-order chi connectivity index (χ1) is 20.2. The summed E-state index contributed by atoms with van der Waals surface area (Å²) < 4.78 is 47.9. The third-order valence-corrected chi connectivity index (χ3v) is 8.99. The standard InChI is InChI=1S/C26H35FN5O9PS/c1-15(2)39-23(35)16(3)30-42(36,41-18-9-7-17(8-10-18)19-14-43-31-29-19)38-13-20-22(34)25(4,27)24(40-20)32-12-11-21(33)28-26(32,5)37-6/h7-12,14-16,20,22,24,30,34,36H,13H2,1-6H3/p+1/t16-,20+,22+,24+,25+,26?,42?/m0/s1. The van der Waals surface area contributed by atoms with Crippen LogP contribution in [-0.2, 0) is 28.3 Å². The number of hydrogen-bond acceptors (Lipinski definition) is 14. The third kappa shape index (κ3) is 7.46. The number of nitrogens with zero attached hydrogens (tertiary/aromatic N) is 3. The Hall–Kier alpha value is -2.82. The van der Waals surface area contributed by atoms with Crippen LogP contribution in [0.3, 0.4) is 0 Å². The molecule has 2 aliphatic heterocycles. The SMILES string of the molecule is COC1(C)NC(=O)C=CN1[C@@H]1O[C@H](CO[P+](O)(N[C@@H](C)C(=O)OC(C)C)Oc2ccc(-c3csnn3)cc2)[C@@H](O)[C@@]1(C)F. The van der Waals surface area contributed by atoms with Crippen LogP contribution in [-0.4, -0.2) is 92.2 Å². The van der Waals surface area contributed by atoms with Crippen molar-refractivity contribution >= 4 is 31.5 Å². The van der Waals surface area contributed by atoms with Crippen LogP contribution in [0.5, 0.6) is 5.75 Å². The van der Waals surface area contributed by atoms with Gasteiger partial charge in [-0.3, -0.25) is 14.1 Å². The molecule has 17 heteroatoms. The number of aromatic nitrogens is 2. The monoisotopic (exact) mass is 644 g/mol. The number of esters is 1. The van der Waals surface area contributed by atoms with Crippen molar-refractivity contribution in [2.45, 2.75) is 76.7 Å².